The first-order valence-electron chi connectivity index (χ1n) is 5.96. The molecule has 0 bridgehead atoms. The Bertz CT molecular complexity index is 796. The fourth-order valence-corrected chi connectivity index (χ4v) is 2.07. The number of rotatable bonds is 2. The summed E-state index contributed by atoms with van der Waals surface area (Å²) < 4.78 is 42.2. The minimum Gasteiger partial charge on any atom is -0.507 e. The summed E-state index contributed by atoms with van der Waals surface area (Å²) in [5, 5.41) is 14.0. The lowest BCUT2D eigenvalue weighted by Crippen LogP contribution is -2.17. The Labute approximate surface area is 117 Å². The fourth-order valence-electron chi connectivity index (χ4n) is 2.07. The monoisotopic (exact) mass is 294 g/mol. The number of aromatic hydroxyl groups is 1. The highest BCUT2D eigenvalue weighted by Crippen LogP contribution is 2.34. The summed E-state index contributed by atoms with van der Waals surface area (Å²) in [4.78, 5) is 0. The van der Waals surface area contributed by atoms with E-state index in [1.807, 2.05) is 0 Å². The molecule has 0 aliphatic carbocycles. The number of fused-ring (bicyclic) bond motifs is 1. The molecule has 0 fully saturated rings. The molecule has 4 nitrogen and oxygen atoms in total. The van der Waals surface area contributed by atoms with Crippen LogP contribution in [-0.2, 0) is 0 Å². The summed E-state index contributed by atoms with van der Waals surface area (Å²) in [6, 6.07) is 10.2. The molecule has 0 saturated heterocycles. The number of halogens is 3. The van der Waals surface area contributed by atoms with Crippen molar-refractivity contribution in [3.05, 3.63) is 48.7 Å². The first-order chi connectivity index (χ1) is 9.94. The van der Waals surface area contributed by atoms with Gasteiger partial charge in [-0.25, -0.2) is 4.52 Å². The summed E-state index contributed by atoms with van der Waals surface area (Å²) in [6.45, 7) is 0. The van der Waals surface area contributed by atoms with E-state index in [0.29, 0.717) is 5.69 Å². The molecule has 2 heterocycles. The van der Waals surface area contributed by atoms with E-state index in [2.05, 4.69) is 9.84 Å². The predicted octanol–water partition coefficient (Wildman–Crippen LogP) is 3.61. The third-order valence-electron chi connectivity index (χ3n) is 2.90. The molecule has 0 unspecified atom stereocenters. The summed E-state index contributed by atoms with van der Waals surface area (Å²) in [5.74, 6) is -0.563. The summed E-state index contributed by atoms with van der Waals surface area (Å²) >= 11 is 0. The lowest BCUT2D eigenvalue weighted by molar-refractivity contribution is -0.274. The molecule has 2 aromatic heterocycles. The van der Waals surface area contributed by atoms with Crippen LogP contribution in [-0.4, -0.2) is 21.1 Å². The Kier molecular flexibility index (Phi) is 2.97. The zero-order valence-corrected chi connectivity index (χ0v) is 10.5. The van der Waals surface area contributed by atoms with E-state index in [1.165, 1.54) is 4.52 Å². The second-order valence-corrected chi connectivity index (χ2v) is 4.31. The van der Waals surface area contributed by atoms with Gasteiger partial charge in [0, 0.05) is 5.56 Å². The average molecular weight is 294 g/mol. The predicted molar refractivity (Wildman–Crippen MR) is 69.0 cm³/mol. The van der Waals surface area contributed by atoms with E-state index in [-0.39, 0.29) is 11.3 Å². The van der Waals surface area contributed by atoms with Gasteiger partial charge >= 0.3 is 6.36 Å². The molecular formula is C14H9F3N2O2. The standard InChI is InChI=1S/C14H9F3N2O2/c15-14(16,17)21-10-4-5-13(20)11(8-10)12-3-1-2-9-6-7-18-19(9)12/h1-8,20H. The number of benzene rings is 1. The molecular weight excluding hydrogens is 285 g/mol. The topological polar surface area (TPSA) is 46.8 Å². The Morgan fingerprint density at radius 3 is 2.67 bits per heavy atom. The minimum absolute atomic E-state index is 0.160. The first kappa shape index (κ1) is 13.3. The maximum atomic E-state index is 12.3. The number of phenolic OH excluding ortho intramolecular Hbond substituents is 1. The van der Waals surface area contributed by atoms with Crippen molar-refractivity contribution >= 4 is 5.52 Å². The van der Waals surface area contributed by atoms with Gasteiger partial charge in [-0.15, -0.1) is 13.2 Å². The van der Waals surface area contributed by atoms with Gasteiger partial charge in [-0.2, -0.15) is 5.10 Å². The highest BCUT2D eigenvalue weighted by molar-refractivity contribution is 5.71. The zero-order valence-electron chi connectivity index (χ0n) is 10.5. The average Bonchev–Trinajstić information content (AvgIpc) is 2.87. The van der Waals surface area contributed by atoms with Crippen molar-refractivity contribution in [1.82, 2.24) is 9.61 Å². The Morgan fingerprint density at radius 2 is 1.90 bits per heavy atom. The number of nitrogens with zero attached hydrogens (tertiary/aromatic N) is 2. The number of pyridine rings is 1. The van der Waals surface area contributed by atoms with Crippen molar-refractivity contribution in [3.63, 3.8) is 0 Å². The summed E-state index contributed by atoms with van der Waals surface area (Å²) in [6.07, 6.45) is -3.22. The van der Waals surface area contributed by atoms with E-state index in [0.717, 1.165) is 23.7 Å². The summed E-state index contributed by atoms with van der Waals surface area (Å²) in [5.41, 5.74) is 1.42. The van der Waals surface area contributed by atoms with Crippen LogP contribution in [0.25, 0.3) is 16.8 Å². The van der Waals surface area contributed by atoms with E-state index < -0.39 is 12.1 Å². The van der Waals surface area contributed by atoms with Crippen LogP contribution >= 0.6 is 0 Å². The van der Waals surface area contributed by atoms with Crippen LogP contribution in [0.15, 0.2) is 48.7 Å². The smallest absolute Gasteiger partial charge is 0.507 e. The molecule has 7 heteroatoms. The van der Waals surface area contributed by atoms with E-state index in [9.17, 15) is 18.3 Å². The number of aromatic nitrogens is 2. The highest BCUT2D eigenvalue weighted by atomic mass is 19.4. The number of alkyl halides is 3. The maximum Gasteiger partial charge on any atom is 0.573 e. The van der Waals surface area contributed by atoms with Crippen LogP contribution < -0.4 is 4.74 Å². The zero-order chi connectivity index (χ0) is 15.0. The highest BCUT2D eigenvalue weighted by Gasteiger charge is 2.31. The van der Waals surface area contributed by atoms with E-state index in [1.54, 1.807) is 30.5 Å². The molecule has 0 aliphatic heterocycles. The largest absolute Gasteiger partial charge is 0.573 e. The second-order valence-electron chi connectivity index (χ2n) is 4.31. The van der Waals surface area contributed by atoms with Crippen molar-refractivity contribution in [2.45, 2.75) is 6.36 Å². The fraction of sp³-hybridized carbons (Fsp3) is 0.0714. The molecule has 0 spiro atoms. The van der Waals surface area contributed by atoms with Gasteiger partial charge in [-0.05, 0) is 36.4 Å². The van der Waals surface area contributed by atoms with Gasteiger partial charge in [-0.3, -0.25) is 0 Å². The molecule has 1 aromatic carbocycles. The number of ether oxygens (including phenoxy) is 1. The minimum atomic E-state index is -4.79. The van der Waals surface area contributed by atoms with Gasteiger partial charge in [0.25, 0.3) is 0 Å². The lowest BCUT2D eigenvalue weighted by atomic mass is 10.1. The summed E-state index contributed by atoms with van der Waals surface area (Å²) in [7, 11) is 0. The van der Waals surface area contributed by atoms with Crippen LogP contribution in [0.3, 0.4) is 0 Å². The van der Waals surface area contributed by atoms with Crippen molar-refractivity contribution in [2.75, 3.05) is 0 Å². The third-order valence-corrected chi connectivity index (χ3v) is 2.90. The van der Waals surface area contributed by atoms with Crippen molar-refractivity contribution in [2.24, 2.45) is 0 Å². The molecule has 0 atom stereocenters. The molecule has 21 heavy (non-hydrogen) atoms. The lowest BCUT2D eigenvalue weighted by Gasteiger charge is -2.12. The SMILES string of the molecule is Oc1ccc(OC(F)(F)F)cc1-c1cccc2ccnn12. The Balaban J connectivity index is 2.13. The second kappa shape index (κ2) is 4.69. The Morgan fingerprint density at radius 1 is 1.10 bits per heavy atom. The van der Waals surface area contributed by atoms with Gasteiger partial charge in [0.15, 0.2) is 0 Å². The maximum absolute atomic E-state index is 12.3. The van der Waals surface area contributed by atoms with Crippen LogP contribution in [0, 0.1) is 0 Å². The van der Waals surface area contributed by atoms with E-state index in [4.69, 9.17) is 0 Å². The molecule has 1 N–H and O–H groups in total. The normalized spacial score (nSPS) is 11.8. The Hall–Kier alpha value is -2.70. The van der Waals surface area contributed by atoms with Gasteiger partial charge in [0.1, 0.15) is 11.5 Å². The third kappa shape index (κ3) is 2.62. The van der Waals surface area contributed by atoms with Crippen molar-refractivity contribution in [1.29, 1.82) is 0 Å². The number of phenols is 1. The van der Waals surface area contributed by atoms with Crippen LogP contribution in [0.4, 0.5) is 13.2 Å². The van der Waals surface area contributed by atoms with Gasteiger partial charge in [0.05, 0.1) is 17.4 Å². The van der Waals surface area contributed by atoms with E-state index >= 15 is 0 Å². The number of hydrogen-bond donors (Lipinski definition) is 1. The first-order valence-corrected chi connectivity index (χ1v) is 5.96. The van der Waals surface area contributed by atoms with Crippen LogP contribution in [0.1, 0.15) is 0 Å². The molecule has 0 saturated carbocycles. The van der Waals surface area contributed by atoms with Crippen LogP contribution in [0.2, 0.25) is 0 Å². The van der Waals surface area contributed by atoms with Gasteiger partial charge < -0.3 is 9.84 Å². The molecule has 3 rings (SSSR count). The molecule has 0 radical (unpaired) electrons. The van der Waals surface area contributed by atoms with Crippen LogP contribution in [0.5, 0.6) is 11.5 Å². The van der Waals surface area contributed by atoms with Crippen molar-refractivity contribution < 1.29 is 23.0 Å². The molecule has 108 valence electrons. The van der Waals surface area contributed by atoms with Gasteiger partial charge in [0.2, 0.25) is 0 Å². The molecule has 0 aliphatic rings. The van der Waals surface area contributed by atoms with Gasteiger partial charge in [-0.1, -0.05) is 6.07 Å². The quantitative estimate of drug-likeness (QED) is 0.785. The molecule has 3 aromatic rings. The van der Waals surface area contributed by atoms with Crippen molar-refractivity contribution in [3.8, 4) is 22.8 Å². The molecule has 0 amide bonds. The number of hydrogen-bond acceptors (Lipinski definition) is 3.